The summed E-state index contributed by atoms with van der Waals surface area (Å²) in [6, 6.07) is 15.9. The number of imidazole rings is 1. The molecule has 4 heteroatoms. The van der Waals surface area contributed by atoms with Gasteiger partial charge in [0.25, 0.3) is 0 Å². The molecule has 1 aromatic heterocycles. The van der Waals surface area contributed by atoms with E-state index in [-0.39, 0.29) is 6.61 Å². The Kier molecular flexibility index (Phi) is 3.90. The summed E-state index contributed by atoms with van der Waals surface area (Å²) in [5.74, 6) is 0.972. The van der Waals surface area contributed by atoms with E-state index in [1.807, 2.05) is 42.5 Å². The molecule has 0 bridgehead atoms. The number of aliphatic hydroxyl groups is 1. The zero-order chi connectivity index (χ0) is 15.5. The van der Waals surface area contributed by atoms with Crippen LogP contribution in [0.1, 0.15) is 23.9 Å². The smallest absolute Gasteiger partial charge is 0.114 e. The van der Waals surface area contributed by atoms with Gasteiger partial charge >= 0.3 is 0 Å². The van der Waals surface area contributed by atoms with Gasteiger partial charge < -0.3 is 5.11 Å². The van der Waals surface area contributed by atoms with Crippen molar-refractivity contribution in [2.24, 2.45) is 0 Å². The number of hydrogen-bond donors (Lipinski definition) is 1. The molecule has 0 aliphatic carbocycles. The standard InChI is InChI=1S/C18H17N3O/c1-2-18-20-16-11-14(12-19)5-8-17(16)21(18)15-6-3-13(4-7-15)9-10-22/h3-8,11,22H,2,9-10H2,1H3. The molecule has 0 amide bonds. The van der Waals surface area contributed by atoms with Crippen LogP contribution in [0.3, 0.4) is 0 Å². The van der Waals surface area contributed by atoms with E-state index < -0.39 is 0 Å². The predicted octanol–water partition coefficient (Wildman–Crippen LogP) is 2.99. The van der Waals surface area contributed by atoms with Crippen LogP contribution in [0.5, 0.6) is 0 Å². The van der Waals surface area contributed by atoms with E-state index in [0.29, 0.717) is 12.0 Å². The molecule has 0 unspecified atom stereocenters. The Morgan fingerprint density at radius 2 is 1.95 bits per heavy atom. The van der Waals surface area contributed by atoms with Gasteiger partial charge in [0.1, 0.15) is 5.82 Å². The Hall–Kier alpha value is -2.64. The summed E-state index contributed by atoms with van der Waals surface area (Å²) in [6.07, 6.45) is 1.48. The minimum Gasteiger partial charge on any atom is -0.396 e. The Balaban J connectivity index is 2.14. The number of rotatable bonds is 4. The average Bonchev–Trinajstić information content (AvgIpc) is 2.93. The Morgan fingerprint density at radius 1 is 1.18 bits per heavy atom. The van der Waals surface area contributed by atoms with Gasteiger partial charge in [0, 0.05) is 18.7 Å². The average molecular weight is 291 g/mol. The van der Waals surface area contributed by atoms with Crippen LogP contribution < -0.4 is 0 Å². The lowest BCUT2D eigenvalue weighted by molar-refractivity contribution is 0.299. The van der Waals surface area contributed by atoms with Crippen molar-refractivity contribution in [1.82, 2.24) is 9.55 Å². The molecule has 0 fully saturated rings. The topological polar surface area (TPSA) is 61.8 Å². The molecule has 3 aromatic rings. The first-order valence-electron chi connectivity index (χ1n) is 7.38. The third-order valence-electron chi connectivity index (χ3n) is 3.76. The summed E-state index contributed by atoms with van der Waals surface area (Å²) in [7, 11) is 0. The molecule has 0 aliphatic heterocycles. The third-order valence-corrected chi connectivity index (χ3v) is 3.76. The molecule has 0 saturated heterocycles. The molecule has 1 heterocycles. The summed E-state index contributed by atoms with van der Waals surface area (Å²) in [6.45, 7) is 2.23. The van der Waals surface area contributed by atoms with Gasteiger partial charge in [0.2, 0.25) is 0 Å². The molecular formula is C18H17N3O. The van der Waals surface area contributed by atoms with Crippen molar-refractivity contribution in [1.29, 1.82) is 5.26 Å². The molecule has 110 valence electrons. The Labute approximate surface area is 129 Å². The van der Waals surface area contributed by atoms with E-state index in [4.69, 9.17) is 10.4 Å². The second kappa shape index (κ2) is 6.00. The lowest BCUT2D eigenvalue weighted by Crippen LogP contribution is -2.00. The first-order valence-corrected chi connectivity index (χ1v) is 7.38. The Morgan fingerprint density at radius 3 is 2.59 bits per heavy atom. The number of fused-ring (bicyclic) bond motifs is 1. The molecule has 2 aromatic carbocycles. The first-order chi connectivity index (χ1) is 10.8. The van der Waals surface area contributed by atoms with Crippen LogP contribution >= 0.6 is 0 Å². The molecule has 0 spiro atoms. The Bertz CT molecular complexity index is 841. The summed E-state index contributed by atoms with van der Waals surface area (Å²) < 4.78 is 2.12. The molecule has 3 rings (SSSR count). The van der Waals surface area contributed by atoms with E-state index in [1.165, 1.54) is 0 Å². The highest BCUT2D eigenvalue weighted by Gasteiger charge is 2.11. The van der Waals surface area contributed by atoms with Crippen molar-refractivity contribution < 1.29 is 5.11 Å². The monoisotopic (exact) mass is 291 g/mol. The third kappa shape index (κ3) is 2.47. The van der Waals surface area contributed by atoms with Gasteiger partial charge in [-0.25, -0.2) is 4.98 Å². The van der Waals surface area contributed by atoms with Crippen molar-refractivity contribution in [3.8, 4) is 11.8 Å². The van der Waals surface area contributed by atoms with E-state index in [1.54, 1.807) is 0 Å². The summed E-state index contributed by atoms with van der Waals surface area (Å²) in [4.78, 5) is 4.65. The number of nitriles is 1. The van der Waals surface area contributed by atoms with Gasteiger partial charge in [-0.15, -0.1) is 0 Å². The number of aromatic nitrogens is 2. The molecule has 4 nitrogen and oxygen atoms in total. The normalized spacial score (nSPS) is 10.8. The maximum atomic E-state index is 9.02. The fourth-order valence-electron chi connectivity index (χ4n) is 2.67. The summed E-state index contributed by atoms with van der Waals surface area (Å²) in [5.41, 5.74) is 4.63. The summed E-state index contributed by atoms with van der Waals surface area (Å²) >= 11 is 0. The van der Waals surface area contributed by atoms with Crippen LogP contribution in [0.25, 0.3) is 16.7 Å². The van der Waals surface area contributed by atoms with Crippen molar-refractivity contribution >= 4 is 11.0 Å². The summed E-state index contributed by atoms with van der Waals surface area (Å²) in [5, 5.41) is 18.0. The maximum Gasteiger partial charge on any atom is 0.114 e. The lowest BCUT2D eigenvalue weighted by Gasteiger charge is -2.09. The van der Waals surface area contributed by atoms with Crippen LogP contribution in [0.15, 0.2) is 42.5 Å². The van der Waals surface area contributed by atoms with Crippen molar-refractivity contribution in [2.75, 3.05) is 6.61 Å². The maximum absolute atomic E-state index is 9.02. The van der Waals surface area contributed by atoms with Gasteiger partial charge in [0.15, 0.2) is 0 Å². The minimum absolute atomic E-state index is 0.157. The predicted molar refractivity (Wildman–Crippen MR) is 86.0 cm³/mol. The SMILES string of the molecule is CCc1nc2cc(C#N)ccc2n1-c1ccc(CCO)cc1. The van der Waals surface area contributed by atoms with Crippen LogP contribution in [0.2, 0.25) is 0 Å². The van der Waals surface area contributed by atoms with Gasteiger partial charge in [-0.2, -0.15) is 5.26 Å². The second-order valence-electron chi connectivity index (χ2n) is 5.17. The molecule has 0 radical (unpaired) electrons. The zero-order valence-electron chi connectivity index (χ0n) is 12.5. The largest absolute Gasteiger partial charge is 0.396 e. The lowest BCUT2D eigenvalue weighted by atomic mass is 10.1. The molecular weight excluding hydrogens is 274 g/mol. The minimum atomic E-state index is 0.157. The highest BCUT2D eigenvalue weighted by molar-refractivity contribution is 5.79. The van der Waals surface area contributed by atoms with Crippen molar-refractivity contribution in [2.45, 2.75) is 19.8 Å². The van der Waals surface area contributed by atoms with Crippen LogP contribution in [-0.2, 0) is 12.8 Å². The first kappa shape index (κ1) is 14.3. The number of aryl methyl sites for hydroxylation is 1. The highest BCUT2D eigenvalue weighted by Crippen LogP contribution is 2.23. The van der Waals surface area contributed by atoms with Crippen LogP contribution in [0, 0.1) is 11.3 Å². The second-order valence-corrected chi connectivity index (χ2v) is 5.17. The zero-order valence-corrected chi connectivity index (χ0v) is 12.5. The molecule has 1 N–H and O–H groups in total. The van der Waals surface area contributed by atoms with Gasteiger partial charge in [-0.05, 0) is 42.3 Å². The van der Waals surface area contributed by atoms with E-state index in [0.717, 1.165) is 34.5 Å². The number of benzene rings is 2. The quantitative estimate of drug-likeness (QED) is 0.803. The molecule has 0 atom stereocenters. The van der Waals surface area contributed by atoms with Gasteiger partial charge in [-0.3, -0.25) is 4.57 Å². The number of nitrogens with zero attached hydrogens (tertiary/aromatic N) is 3. The fraction of sp³-hybridized carbons (Fsp3) is 0.222. The molecule has 0 saturated carbocycles. The van der Waals surface area contributed by atoms with Crippen LogP contribution in [0.4, 0.5) is 0 Å². The van der Waals surface area contributed by atoms with E-state index in [9.17, 15) is 0 Å². The van der Waals surface area contributed by atoms with Crippen LogP contribution in [-0.4, -0.2) is 21.3 Å². The number of aliphatic hydroxyl groups excluding tert-OH is 1. The van der Waals surface area contributed by atoms with Crippen molar-refractivity contribution in [3.63, 3.8) is 0 Å². The fourth-order valence-corrected chi connectivity index (χ4v) is 2.67. The van der Waals surface area contributed by atoms with Crippen molar-refractivity contribution in [3.05, 3.63) is 59.4 Å². The number of hydrogen-bond acceptors (Lipinski definition) is 3. The van der Waals surface area contributed by atoms with Gasteiger partial charge in [0.05, 0.1) is 22.7 Å². The van der Waals surface area contributed by atoms with E-state index >= 15 is 0 Å². The highest BCUT2D eigenvalue weighted by atomic mass is 16.2. The van der Waals surface area contributed by atoms with E-state index in [2.05, 4.69) is 22.5 Å². The van der Waals surface area contributed by atoms with Gasteiger partial charge in [-0.1, -0.05) is 19.1 Å². The molecule has 22 heavy (non-hydrogen) atoms. The molecule has 0 aliphatic rings.